The van der Waals surface area contributed by atoms with Gasteiger partial charge in [-0.2, -0.15) is 4.98 Å². The Morgan fingerprint density at radius 3 is 2.45 bits per heavy atom. The molecule has 0 bridgehead atoms. The molecule has 0 aliphatic carbocycles. The van der Waals surface area contributed by atoms with Crippen LogP contribution in [-0.4, -0.2) is 118 Å². The number of fused-ring (bicyclic) bond motifs is 1. The maximum absolute atomic E-state index is 9.13. The first-order valence-corrected chi connectivity index (χ1v) is 14.4. The molecule has 12 heteroatoms. The first-order valence-electron chi connectivity index (χ1n) is 14.4. The van der Waals surface area contributed by atoms with Crippen LogP contribution in [0.1, 0.15) is 38.6 Å². The first-order chi connectivity index (χ1) is 19.5. The van der Waals surface area contributed by atoms with Gasteiger partial charge in [0, 0.05) is 77.8 Å². The minimum Gasteiger partial charge on any atom is -0.395 e. The molecule has 2 fully saturated rings. The van der Waals surface area contributed by atoms with Gasteiger partial charge in [-0.25, -0.2) is 15.0 Å². The number of rotatable bonds is 12. The van der Waals surface area contributed by atoms with Crippen LogP contribution < -0.4 is 10.2 Å². The molecule has 5 rings (SSSR count). The van der Waals surface area contributed by atoms with Crippen molar-refractivity contribution in [2.75, 3.05) is 82.9 Å². The normalized spacial score (nSPS) is 17.8. The van der Waals surface area contributed by atoms with Crippen molar-refractivity contribution in [2.45, 2.75) is 45.4 Å². The zero-order chi connectivity index (χ0) is 27.9. The third kappa shape index (κ3) is 7.05. The Hall–Kier alpha value is -2.90. The van der Waals surface area contributed by atoms with E-state index < -0.39 is 0 Å². The van der Waals surface area contributed by atoms with Gasteiger partial charge in [0.05, 0.1) is 31.0 Å². The van der Waals surface area contributed by atoms with Gasteiger partial charge in [-0.1, -0.05) is 0 Å². The second-order valence-corrected chi connectivity index (χ2v) is 10.8. The van der Waals surface area contributed by atoms with Gasteiger partial charge in [0.1, 0.15) is 29.6 Å². The van der Waals surface area contributed by atoms with Crippen LogP contribution in [0.5, 0.6) is 0 Å². The Kier molecular flexibility index (Phi) is 9.76. The number of piperazine rings is 1. The first kappa shape index (κ1) is 28.6. The van der Waals surface area contributed by atoms with Crippen molar-refractivity contribution >= 4 is 28.6 Å². The van der Waals surface area contributed by atoms with Crippen LogP contribution in [0.4, 0.5) is 17.6 Å². The van der Waals surface area contributed by atoms with Crippen molar-refractivity contribution in [2.24, 2.45) is 0 Å². The quantitative estimate of drug-likeness (QED) is 0.322. The summed E-state index contributed by atoms with van der Waals surface area (Å²) in [4.78, 5) is 25.6. The lowest BCUT2D eigenvalue weighted by Crippen LogP contribution is -2.47. The van der Waals surface area contributed by atoms with Gasteiger partial charge in [0.25, 0.3) is 0 Å². The number of hydrogen-bond donors (Lipinski definition) is 2. The van der Waals surface area contributed by atoms with Crippen LogP contribution in [0.3, 0.4) is 0 Å². The van der Waals surface area contributed by atoms with E-state index in [1.165, 1.54) is 0 Å². The number of aromatic nitrogens is 5. The molecule has 2 N–H and O–H groups in total. The van der Waals surface area contributed by atoms with Crippen LogP contribution >= 0.6 is 0 Å². The number of pyridine rings is 1. The second-order valence-electron chi connectivity index (χ2n) is 10.8. The maximum Gasteiger partial charge on any atom is 0.227 e. The number of anilines is 3. The largest absolute Gasteiger partial charge is 0.395 e. The van der Waals surface area contributed by atoms with Gasteiger partial charge in [-0.05, 0) is 32.8 Å². The minimum atomic E-state index is 0.221. The highest BCUT2D eigenvalue weighted by Crippen LogP contribution is 2.25. The molecule has 0 amide bonds. The van der Waals surface area contributed by atoms with E-state index in [2.05, 4.69) is 48.4 Å². The van der Waals surface area contributed by atoms with E-state index in [1.54, 1.807) is 13.3 Å². The molecule has 2 aliphatic rings. The number of aliphatic hydroxyl groups excluding tert-OH is 1. The lowest BCUT2D eigenvalue weighted by Gasteiger charge is -2.34. The van der Waals surface area contributed by atoms with Crippen molar-refractivity contribution < 1.29 is 14.6 Å². The standard InChI is InChI=1S/C28H43N9O3/c1-21(2)37-24-18-26(32-25-4-7-29-28(33-25)36-8-5-22(39-3)6-9-36)30-19-23(24)31-27(37)20-40-17-15-35-12-10-34(11-13-35)14-16-38/h4,7,18-19,21-22,38H,5-6,8-17,20H2,1-3H3,(H,29,30,32,33). The van der Waals surface area contributed by atoms with Crippen molar-refractivity contribution in [1.29, 1.82) is 0 Å². The monoisotopic (exact) mass is 553 g/mol. The van der Waals surface area contributed by atoms with E-state index in [-0.39, 0.29) is 12.6 Å². The van der Waals surface area contributed by atoms with Crippen LogP contribution in [0, 0.1) is 0 Å². The zero-order valence-corrected chi connectivity index (χ0v) is 24.0. The molecule has 0 aromatic carbocycles. The Labute approximate surface area is 236 Å². The van der Waals surface area contributed by atoms with E-state index in [4.69, 9.17) is 24.5 Å². The number of nitrogens with one attached hydrogen (secondary N) is 1. The molecule has 0 saturated carbocycles. The molecule has 3 aromatic rings. The molecule has 3 aromatic heterocycles. The summed E-state index contributed by atoms with van der Waals surface area (Å²) in [6.45, 7) is 13.1. The molecule has 0 atom stereocenters. The number of nitrogens with zero attached hydrogens (tertiary/aromatic N) is 8. The summed E-state index contributed by atoms with van der Waals surface area (Å²) in [6, 6.07) is 4.12. The number of ether oxygens (including phenoxy) is 2. The Morgan fingerprint density at radius 1 is 1.00 bits per heavy atom. The van der Waals surface area contributed by atoms with Crippen LogP contribution in [-0.2, 0) is 16.1 Å². The second kappa shape index (κ2) is 13.6. The summed E-state index contributed by atoms with van der Waals surface area (Å²) < 4.78 is 13.8. The van der Waals surface area contributed by atoms with Crippen LogP contribution in [0.2, 0.25) is 0 Å². The predicted octanol–water partition coefficient (Wildman–Crippen LogP) is 2.29. The third-order valence-electron chi connectivity index (χ3n) is 7.79. The molecule has 218 valence electrons. The molecular formula is C28H43N9O3. The molecule has 2 aliphatic heterocycles. The van der Waals surface area contributed by atoms with E-state index in [0.717, 1.165) is 88.0 Å². The average molecular weight is 554 g/mol. The van der Waals surface area contributed by atoms with Gasteiger partial charge in [-0.15, -0.1) is 0 Å². The highest BCUT2D eigenvalue weighted by molar-refractivity contribution is 5.79. The Balaban J connectivity index is 1.20. The average Bonchev–Trinajstić information content (AvgIpc) is 3.34. The van der Waals surface area contributed by atoms with Gasteiger partial charge in [-0.3, -0.25) is 9.80 Å². The van der Waals surface area contributed by atoms with Gasteiger partial charge >= 0.3 is 0 Å². The maximum atomic E-state index is 9.13. The topological polar surface area (TPSA) is 117 Å². The molecule has 0 radical (unpaired) electrons. The Bertz CT molecular complexity index is 1220. The Morgan fingerprint density at radius 2 is 1.75 bits per heavy atom. The van der Waals surface area contributed by atoms with E-state index in [1.807, 2.05) is 18.3 Å². The fraction of sp³-hybridized carbons (Fsp3) is 0.643. The van der Waals surface area contributed by atoms with E-state index >= 15 is 0 Å². The summed E-state index contributed by atoms with van der Waals surface area (Å²) in [5, 5.41) is 12.5. The van der Waals surface area contributed by atoms with Crippen molar-refractivity contribution in [3.8, 4) is 0 Å². The van der Waals surface area contributed by atoms with Crippen LogP contribution in [0.15, 0.2) is 24.5 Å². The molecule has 5 heterocycles. The highest BCUT2D eigenvalue weighted by Gasteiger charge is 2.21. The van der Waals surface area contributed by atoms with Gasteiger partial charge in [0.2, 0.25) is 5.95 Å². The predicted molar refractivity (Wildman–Crippen MR) is 155 cm³/mol. The molecule has 0 unspecified atom stereocenters. The molecule has 2 saturated heterocycles. The summed E-state index contributed by atoms with van der Waals surface area (Å²) in [5.41, 5.74) is 1.87. The summed E-state index contributed by atoms with van der Waals surface area (Å²) >= 11 is 0. The SMILES string of the molecule is COC1CCN(c2nccc(Nc3cc4c(cn3)nc(COCCN3CCN(CCO)CC3)n4C(C)C)n2)CC1. The van der Waals surface area contributed by atoms with Gasteiger partial charge < -0.3 is 29.4 Å². The molecular weight excluding hydrogens is 510 g/mol. The smallest absolute Gasteiger partial charge is 0.227 e. The number of methoxy groups -OCH3 is 1. The number of hydrogen-bond acceptors (Lipinski definition) is 11. The van der Waals surface area contributed by atoms with Crippen molar-refractivity contribution in [3.05, 3.63) is 30.4 Å². The summed E-state index contributed by atoms with van der Waals surface area (Å²) in [6.07, 6.45) is 5.86. The molecule has 40 heavy (non-hydrogen) atoms. The minimum absolute atomic E-state index is 0.221. The fourth-order valence-electron chi connectivity index (χ4n) is 5.52. The number of imidazole rings is 1. The number of β-amino-alcohol motifs (C(OH)–C–C–N with tert-alkyl or cyclic N) is 1. The third-order valence-corrected chi connectivity index (χ3v) is 7.79. The summed E-state index contributed by atoms with van der Waals surface area (Å²) in [7, 11) is 1.78. The van der Waals surface area contributed by atoms with E-state index in [0.29, 0.717) is 31.0 Å². The van der Waals surface area contributed by atoms with Crippen LogP contribution in [0.25, 0.3) is 11.0 Å². The molecule has 12 nitrogen and oxygen atoms in total. The number of aliphatic hydroxyl groups is 1. The molecule has 0 spiro atoms. The van der Waals surface area contributed by atoms with Crippen molar-refractivity contribution in [3.63, 3.8) is 0 Å². The lowest BCUT2D eigenvalue weighted by atomic mass is 10.1. The van der Waals surface area contributed by atoms with Gasteiger partial charge in [0.15, 0.2) is 0 Å². The zero-order valence-electron chi connectivity index (χ0n) is 24.0. The van der Waals surface area contributed by atoms with Crippen molar-refractivity contribution in [1.82, 2.24) is 34.3 Å². The number of piperidine rings is 1. The van der Waals surface area contributed by atoms with E-state index in [9.17, 15) is 0 Å². The fourth-order valence-corrected chi connectivity index (χ4v) is 5.52. The summed E-state index contributed by atoms with van der Waals surface area (Å²) in [5.74, 6) is 3.05. The highest BCUT2D eigenvalue weighted by atomic mass is 16.5. The lowest BCUT2D eigenvalue weighted by molar-refractivity contribution is 0.0605.